The molecule has 0 spiro atoms. The van der Waals surface area contributed by atoms with Crippen LogP contribution in [0.5, 0.6) is 0 Å². The van der Waals surface area contributed by atoms with Crippen molar-refractivity contribution in [1.82, 2.24) is 10.6 Å². The first-order chi connectivity index (χ1) is 7.08. The molecule has 1 aliphatic heterocycles. The molecule has 1 aliphatic rings. The maximum atomic E-state index is 11.6. The lowest BCUT2D eigenvalue weighted by Gasteiger charge is -2.28. The Morgan fingerprint density at radius 2 is 2.47 bits per heavy atom. The molecule has 15 heavy (non-hydrogen) atoms. The van der Waals surface area contributed by atoms with Gasteiger partial charge in [0.2, 0.25) is 5.91 Å². The third-order valence-electron chi connectivity index (χ3n) is 2.89. The SMILES string of the molecule is C=CCNCC(=O)NC1(C)CCOC1C. The average Bonchev–Trinajstić information content (AvgIpc) is 2.47. The van der Waals surface area contributed by atoms with Crippen molar-refractivity contribution in [2.45, 2.75) is 31.9 Å². The van der Waals surface area contributed by atoms with Crippen molar-refractivity contribution in [2.75, 3.05) is 19.7 Å². The number of amides is 1. The van der Waals surface area contributed by atoms with Gasteiger partial charge in [0.25, 0.3) is 0 Å². The molecule has 1 saturated heterocycles. The highest BCUT2D eigenvalue weighted by Crippen LogP contribution is 2.24. The average molecular weight is 212 g/mol. The van der Waals surface area contributed by atoms with Crippen molar-refractivity contribution < 1.29 is 9.53 Å². The van der Waals surface area contributed by atoms with Crippen LogP contribution in [0.25, 0.3) is 0 Å². The van der Waals surface area contributed by atoms with E-state index in [1.165, 1.54) is 0 Å². The molecule has 0 radical (unpaired) electrons. The van der Waals surface area contributed by atoms with Crippen LogP contribution in [-0.2, 0) is 9.53 Å². The second-order valence-electron chi connectivity index (χ2n) is 4.15. The van der Waals surface area contributed by atoms with Crippen molar-refractivity contribution in [1.29, 1.82) is 0 Å². The predicted molar refractivity (Wildman–Crippen MR) is 59.6 cm³/mol. The van der Waals surface area contributed by atoms with E-state index in [4.69, 9.17) is 4.74 Å². The summed E-state index contributed by atoms with van der Waals surface area (Å²) in [6.45, 7) is 9.28. The second-order valence-corrected chi connectivity index (χ2v) is 4.15. The van der Waals surface area contributed by atoms with E-state index in [1.54, 1.807) is 6.08 Å². The molecule has 0 aromatic rings. The number of hydrogen-bond acceptors (Lipinski definition) is 3. The van der Waals surface area contributed by atoms with E-state index in [0.29, 0.717) is 13.1 Å². The van der Waals surface area contributed by atoms with Gasteiger partial charge in [-0.05, 0) is 20.3 Å². The van der Waals surface area contributed by atoms with Gasteiger partial charge in [-0.15, -0.1) is 6.58 Å². The third-order valence-corrected chi connectivity index (χ3v) is 2.89. The summed E-state index contributed by atoms with van der Waals surface area (Å²) in [5.41, 5.74) is -0.215. The first-order valence-corrected chi connectivity index (χ1v) is 5.33. The van der Waals surface area contributed by atoms with E-state index < -0.39 is 0 Å². The van der Waals surface area contributed by atoms with Gasteiger partial charge in [0.15, 0.2) is 0 Å². The van der Waals surface area contributed by atoms with E-state index in [9.17, 15) is 4.79 Å². The zero-order valence-electron chi connectivity index (χ0n) is 9.51. The van der Waals surface area contributed by atoms with Crippen molar-refractivity contribution in [3.05, 3.63) is 12.7 Å². The number of carbonyl (C=O) groups is 1. The van der Waals surface area contributed by atoms with Crippen molar-refractivity contribution in [2.24, 2.45) is 0 Å². The Morgan fingerprint density at radius 3 is 3.00 bits per heavy atom. The summed E-state index contributed by atoms with van der Waals surface area (Å²) in [5, 5.41) is 5.97. The monoisotopic (exact) mass is 212 g/mol. The van der Waals surface area contributed by atoms with Gasteiger partial charge in [-0.25, -0.2) is 0 Å². The Labute approximate surface area is 91.1 Å². The van der Waals surface area contributed by atoms with Crippen molar-refractivity contribution in [3.63, 3.8) is 0 Å². The summed E-state index contributed by atoms with van der Waals surface area (Å²) in [5.74, 6) is 0.0108. The van der Waals surface area contributed by atoms with Gasteiger partial charge >= 0.3 is 0 Å². The summed E-state index contributed by atoms with van der Waals surface area (Å²) in [6, 6.07) is 0. The fraction of sp³-hybridized carbons (Fsp3) is 0.727. The zero-order valence-corrected chi connectivity index (χ0v) is 9.51. The van der Waals surface area contributed by atoms with Crippen LogP contribution >= 0.6 is 0 Å². The van der Waals surface area contributed by atoms with E-state index >= 15 is 0 Å². The smallest absolute Gasteiger partial charge is 0.234 e. The van der Waals surface area contributed by atoms with Crippen LogP contribution in [-0.4, -0.2) is 37.2 Å². The molecule has 0 saturated carbocycles. The van der Waals surface area contributed by atoms with Gasteiger partial charge in [-0.1, -0.05) is 6.08 Å². The lowest BCUT2D eigenvalue weighted by atomic mass is 9.95. The topological polar surface area (TPSA) is 50.4 Å². The Kier molecular flexibility index (Phi) is 4.29. The van der Waals surface area contributed by atoms with Gasteiger partial charge in [-0.2, -0.15) is 0 Å². The summed E-state index contributed by atoms with van der Waals surface area (Å²) >= 11 is 0. The minimum absolute atomic E-state index is 0.0108. The van der Waals surface area contributed by atoms with Crippen molar-refractivity contribution in [3.8, 4) is 0 Å². The molecule has 0 aromatic heterocycles. The molecule has 2 atom stereocenters. The lowest BCUT2D eigenvalue weighted by Crippen LogP contribution is -2.52. The Bertz CT molecular complexity index is 243. The van der Waals surface area contributed by atoms with Crippen LogP contribution in [0.15, 0.2) is 12.7 Å². The van der Waals surface area contributed by atoms with Gasteiger partial charge < -0.3 is 15.4 Å². The molecule has 4 nitrogen and oxygen atoms in total. The van der Waals surface area contributed by atoms with Crippen LogP contribution in [0.1, 0.15) is 20.3 Å². The zero-order chi connectivity index (χ0) is 11.3. The van der Waals surface area contributed by atoms with E-state index in [-0.39, 0.29) is 17.6 Å². The van der Waals surface area contributed by atoms with Crippen LogP contribution < -0.4 is 10.6 Å². The third kappa shape index (κ3) is 3.32. The Balaban J connectivity index is 2.33. The van der Waals surface area contributed by atoms with Crippen LogP contribution in [0.2, 0.25) is 0 Å². The lowest BCUT2D eigenvalue weighted by molar-refractivity contribution is -0.122. The molecule has 1 rings (SSSR count). The Hall–Kier alpha value is -0.870. The molecule has 86 valence electrons. The molecule has 4 heteroatoms. The summed E-state index contributed by atoms with van der Waals surface area (Å²) in [4.78, 5) is 11.6. The predicted octanol–water partition coefficient (Wildman–Crippen LogP) is 0.446. The Morgan fingerprint density at radius 1 is 1.73 bits per heavy atom. The van der Waals surface area contributed by atoms with E-state index in [1.807, 2.05) is 13.8 Å². The summed E-state index contributed by atoms with van der Waals surface area (Å²) < 4.78 is 5.44. The van der Waals surface area contributed by atoms with Crippen molar-refractivity contribution >= 4 is 5.91 Å². The maximum Gasteiger partial charge on any atom is 0.234 e. The molecular formula is C11H20N2O2. The first-order valence-electron chi connectivity index (χ1n) is 5.33. The largest absolute Gasteiger partial charge is 0.376 e. The van der Waals surface area contributed by atoms with Crippen LogP contribution in [0.4, 0.5) is 0 Å². The van der Waals surface area contributed by atoms with Gasteiger partial charge in [0.05, 0.1) is 18.2 Å². The highest BCUT2D eigenvalue weighted by molar-refractivity contribution is 5.79. The highest BCUT2D eigenvalue weighted by atomic mass is 16.5. The molecule has 2 N–H and O–H groups in total. The standard InChI is InChI=1S/C11H20N2O2/c1-4-6-12-8-10(14)13-11(3)5-7-15-9(11)2/h4,9,12H,1,5-8H2,2-3H3,(H,13,14). The normalized spacial score (nSPS) is 30.1. The molecule has 2 unspecified atom stereocenters. The number of rotatable bonds is 5. The van der Waals surface area contributed by atoms with Crippen LogP contribution in [0, 0.1) is 0 Å². The van der Waals surface area contributed by atoms with Gasteiger partial charge in [0, 0.05) is 13.2 Å². The molecule has 1 fully saturated rings. The maximum absolute atomic E-state index is 11.6. The van der Waals surface area contributed by atoms with Gasteiger partial charge in [-0.3, -0.25) is 4.79 Å². The highest BCUT2D eigenvalue weighted by Gasteiger charge is 2.37. The molecule has 1 heterocycles. The molecular weight excluding hydrogens is 192 g/mol. The minimum Gasteiger partial charge on any atom is -0.376 e. The minimum atomic E-state index is -0.215. The fourth-order valence-corrected chi connectivity index (χ4v) is 1.65. The second kappa shape index (κ2) is 5.28. The number of nitrogens with one attached hydrogen (secondary N) is 2. The van der Waals surface area contributed by atoms with Crippen LogP contribution in [0.3, 0.4) is 0 Å². The summed E-state index contributed by atoms with van der Waals surface area (Å²) in [6.07, 6.45) is 2.69. The molecule has 1 amide bonds. The summed E-state index contributed by atoms with van der Waals surface area (Å²) in [7, 11) is 0. The molecule has 0 aliphatic carbocycles. The number of hydrogen-bond donors (Lipinski definition) is 2. The number of carbonyl (C=O) groups excluding carboxylic acids is 1. The quantitative estimate of drug-likeness (QED) is 0.514. The number of ether oxygens (including phenoxy) is 1. The van der Waals surface area contributed by atoms with E-state index in [2.05, 4.69) is 17.2 Å². The fourth-order valence-electron chi connectivity index (χ4n) is 1.65. The van der Waals surface area contributed by atoms with E-state index in [0.717, 1.165) is 13.0 Å². The molecule has 0 aromatic carbocycles. The first kappa shape index (κ1) is 12.2. The molecule has 0 bridgehead atoms. The van der Waals surface area contributed by atoms with Gasteiger partial charge in [0.1, 0.15) is 0 Å².